The zero-order valence-electron chi connectivity index (χ0n) is 11.3. The maximum Gasteiger partial charge on any atom is 0.324 e. The van der Waals surface area contributed by atoms with E-state index >= 15 is 0 Å². The second-order valence-electron chi connectivity index (χ2n) is 5.22. The van der Waals surface area contributed by atoms with E-state index in [0.717, 1.165) is 10.7 Å². The van der Waals surface area contributed by atoms with Gasteiger partial charge in [-0.1, -0.05) is 0 Å². The molecule has 2 heterocycles. The van der Waals surface area contributed by atoms with Crippen LogP contribution in [0.3, 0.4) is 0 Å². The van der Waals surface area contributed by atoms with Crippen molar-refractivity contribution >= 4 is 25.8 Å². The molecule has 0 radical (unpaired) electrons. The number of ether oxygens (including phenoxy) is 1. The van der Waals surface area contributed by atoms with Crippen molar-refractivity contribution in [1.29, 1.82) is 0 Å². The number of carbonyl (C=O) groups excluding carboxylic acids is 1. The summed E-state index contributed by atoms with van der Waals surface area (Å²) in [7, 11) is -5.84. The van der Waals surface area contributed by atoms with Crippen molar-refractivity contribution < 1.29 is 26.4 Å². The number of hydrogen-bond acceptors (Lipinski definition) is 6. The van der Waals surface area contributed by atoms with Gasteiger partial charge in [0.25, 0.3) is 0 Å². The van der Waals surface area contributed by atoms with Crippen molar-refractivity contribution in [2.45, 2.75) is 37.0 Å². The number of sulfonamides is 1. The molecule has 2 saturated heterocycles. The van der Waals surface area contributed by atoms with Crippen LogP contribution in [-0.4, -0.2) is 63.6 Å². The molecule has 1 unspecified atom stereocenters. The van der Waals surface area contributed by atoms with Crippen LogP contribution in [0.1, 0.15) is 25.7 Å². The van der Waals surface area contributed by atoms with Crippen molar-refractivity contribution in [2.75, 3.05) is 25.2 Å². The fraction of sp³-hybridized carbons (Fsp3) is 0.909. The molecule has 0 aliphatic carbocycles. The number of hydrogen-bond donors (Lipinski definition) is 0. The van der Waals surface area contributed by atoms with Crippen LogP contribution < -0.4 is 0 Å². The highest BCUT2D eigenvalue weighted by atomic mass is 32.2. The van der Waals surface area contributed by atoms with Crippen molar-refractivity contribution in [3.8, 4) is 0 Å². The van der Waals surface area contributed by atoms with Gasteiger partial charge in [0.15, 0.2) is 9.84 Å². The van der Waals surface area contributed by atoms with Gasteiger partial charge in [-0.3, -0.25) is 4.79 Å². The van der Waals surface area contributed by atoms with Crippen molar-refractivity contribution in [2.24, 2.45) is 0 Å². The minimum absolute atomic E-state index is 0.104. The molecule has 0 bridgehead atoms. The third-order valence-corrected chi connectivity index (χ3v) is 8.18. The van der Waals surface area contributed by atoms with Gasteiger partial charge >= 0.3 is 5.97 Å². The summed E-state index contributed by atoms with van der Waals surface area (Å²) >= 11 is 0. The number of rotatable bonds is 3. The number of piperidine rings is 1. The molecule has 2 rings (SSSR count). The van der Waals surface area contributed by atoms with E-state index in [9.17, 15) is 21.6 Å². The van der Waals surface area contributed by atoms with Crippen molar-refractivity contribution in [3.63, 3.8) is 0 Å². The Hall–Kier alpha value is -0.670. The molecule has 2 atom stereocenters. The molecule has 0 N–H and O–H groups in total. The van der Waals surface area contributed by atoms with Gasteiger partial charge in [-0.2, -0.15) is 4.31 Å². The second kappa shape index (κ2) is 5.61. The Morgan fingerprint density at radius 1 is 1.25 bits per heavy atom. The Bertz CT molecular complexity index is 582. The van der Waals surface area contributed by atoms with Crippen LogP contribution in [0.25, 0.3) is 0 Å². The van der Waals surface area contributed by atoms with E-state index in [1.165, 1.54) is 7.11 Å². The molecule has 9 heteroatoms. The third kappa shape index (κ3) is 2.99. The maximum atomic E-state index is 12.6. The van der Waals surface area contributed by atoms with Gasteiger partial charge in [-0.05, 0) is 25.7 Å². The number of esters is 1. The lowest BCUT2D eigenvalue weighted by atomic mass is 10.1. The topological polar surface area (TPSA) is 97.8 Å². The average molecular weight is 325 g/mol. The van der Waals surface area contributed by atoms with Crippen molar-refractivity contribution in [3.05, 3.63) is 0 Å². The van der Waals surface area contributed by atoms with E-state index in [-0.39, 0.29) is 24.5 Å². The lowest BCUT2D eigenvalue weighted by Crippen LogP contribution is -2.51. The number of sulfone groups is 1. The minimum atomic E-state index is -3.78. The van der Waals surface area contributed by atoms with Gasteiger partial charge in [-0.15, -0.1) is 0 Å². The molecule has 2 fully saturated rings. The first-order chi connectivity index (χ1) is 9.28. The summed E-state index contributed by atoms with van der Waals surface area (Å²) in [6, 6.07) is -0.818. The Morgan fingerprint density at radius 3 is 2.50 bits per heavy atom. The van der Waals surface area contributed by atoms with Gasteiger partial charge in [0.05, 0.1) is 23.9 Å². The first kappa shape index (κ1) is 15.7. The van der Waals surface area contributed by atoms with E-state index in [0.29, 0.717) is 12.8 Å². The monoisotopic (exact) mass is 325 g/mol. The predicted octanol–water partition coefficient (Wildman–Crippen LogP) is -0.469. The van der Waals surface area contributed by atoms with Crippen LogP contribution in [-0.2, 0) is 29.4 Å². The summed E-state index contributed by atoms with van der Waals surface area (Å²) in [5, 5.41) is -0.933. The van der Waals surface area contributed by atoms with Gasteiger partial charge in [0.1, 0.15) is 6.04 Å². The van der Waals surface area contributed by atoms with E-state index in [1.54, 1.807) is 0 Å². The zero-order valence-corrected chi connectivity index (χ0v) is 13.0. The molecule has 7 nitrogen and oxygen atoms in total. The molecule has 0 aromatic rings. The van der Waals surface area contributed by atoms with E-state index in [1.807, 2.05) is 0 Å². The largest absolute Gasteiger partial charge is 0.468 e. The molecule has 2 aliphatic heterocycles. The molecular formula is C11H19NO6S2. The Balaban J connectivity index is 2.25. The Kier molecular flexibility index (Phi) is 4.41. The zero-order chi connectivity index (χ0) is 15.0. The smallest absolute Gasteiger partial charge is 0.324 e. The van der Waals surface area contributed by atoms with E-state index in [4.69, 9.17) is 0 Å². The van der Waals surface area contributed by atoms with E-state index in [2.05, 4.69) is 4.74 Å². The van der Waals surface area contributed by atoms with Gasteiger partial charge < -0.3 is 4.74 Å². The van der Waals surface area contributed by atoms with Crippen LogP contribution in [0.5, 0.6) is 0 Å². The predicted molar refractivity (Wildman–Crippen MR) is 72.3 cm³/mol. The van der Waals surface area contributed by atoms with Crippen LogP contribution in [0.15, 0.2) is 0 Å². The normalized spacial score (nSPS) is 31.1. The summed E-state index contributed by atoms with van der Waals surface area (Å²) in [6.07, 6.45) is 1.96. The van der Waals surface area contributed by atoms with Crippen molar-refractivity contribution in [1.82, 2.24) is 4.31 Å². The second-order valence-corrected chi connectivity index (χ2v) is 9.61. The molecule has 0 saturated carbocycles. The fourth-order valence-corrected chi connectivity index (χ4v) is 7.50. The molecule has 20 heavy (non-hydrogen) atoms. The molecule has 0 spiro atoms. The quantitative estimate of drug-likeness (QED) is 0.651. The summed E-state index contributed by atoms with van der Waals surface area (Å²) in [5.74, 6) is -1.03. The fourth-order valence-electron chi connectivity index (χ4n) is 2.77. The third-order valence-electron chi connectivity index (χ3n) is 3.87. The standard InChI is InChI=1S/C11H19NO6S2/c1-18-11(13)10-4-2-3-6-12(10)20(16,17)9-5-7-19(14,15)8-9/h9-10H,2-8H2,1H3/t9?,10-/m1/s1. The van der Waals surface area contributed by atoms with Crippen LogP contribution in [0.2, 0.25) is 0 Å². The first-order valence-electron chi connectivity index (χ1n) is 6.57. The summed E-state index contributed by atoms with van der Waals surface area (Å²) in [4.78, 5) is 11.7. The maximum absolute atomic E-state index is 12.6. The van der Waals surface area contributed by atoms with E-state index < -0.39 is 37.1 Å². The number of methoxy groups -OCH3 is 1. The number of nitrogens with zero attached hydrogens (tertiary/aromatic N) is 1. The van der Waals surface area contributed by atoms with Crippen LogP contribution >= 0.6 is 0 Å². The molecule has 0 aromatic carbocycles. The summed E-state index contributed by atoms with van der Waals surface area (Å²) in [5.41, 5.74) is 0. The first-order valence-corrected chi connectivity index (χ1v) is 9.89. The summed E-state index contributed by atoms with van der Waals surface area (Å²) in [6.45, 7) is 0.249. The molecule has 2 aliphatic rings. The lowest BCUT2D eigenvalue weighted by molar-refractivity contribution is -0.146. The molecule has 0 aromatic heterocycles. The SMILES string of the molecule is COC(=O)[C@H]1CCCCN1S(=O)(=O)C1CCS(=O)(=O)C1. The highest BCUT2D eigenvalue weighted by Gasteiger charge is 2.45. The molecule has 116 valence electrons. The Labute approximate surface area is 119 Å². The minimum Gasteiger partial charge on any atom is -0.468 e. The van der Waals surface area contributed by atoms with Gasteiger partial charge in [-0.25, -0.2) is 16.8 Å². The number of carbonyl (C=O) groups is 1. The van der Waals surface area contributed by atoms with Crippen LogP contribution in [0.4, 0.5) is 0 Å². The van der Waals surface area contributed by atoms with Gasteiger partial charge in [0.2, 0.25) is 10.0 Å². The Morgan fingerprint density at radius 2 is 1.95 bits per heavy atom. The highest BCUT2D eigenvalue weighted by molar-refractivity contribution is 7.95. The summed E-state index contributed by atoms with van der Waals surface area (Å²) < 4.78 is 53.9. The lowest BCUT2D eigenvalue weighted by Gasteiger charge is -2.34. The molecular weight excluding hydrogens is 306 g/mol. The highest BCUT2D eigenvalue weighted by Crippen LogP contribution is 2.28. The molecule has 0 amide bonds. The average Bonchev–Trinajstić information content (AvgIpc) is 2.79. The van der Waals surface area contributed by atoms with Gasteiger partial charge in [0, 0.05) is 6.54 Å². The van der Waals surface area contributed by atoms with Crippen LogP contribution in [0, 0.1) is 0 Å².